The monoisotopic (exact) mass is 387 g/mol. The first-order chi connectivity index (χ1) is 12.7. The predicted molar refractivity (Wildman–Crippen MR) is 97.4 cm³/mol. The highest BCUT2D eigenvalue weighted by Crippen LogP contribution is 2.38. The number of hydrogen-bond donors (Lipinski definition) is 4. The fraction of sp³-hybridized carbons (Fsp3) is 0. The average Bonchev–Trinajstić information content (AvgIpc) is 2.60. The first kappa shape index (κ1) is 18.3. The molecule has 3 aromatic carbocycles. The van der Waals surface area contributed by atoms with Gasteiger partial charge in [-0.05, 0) is 36.4 Å². The van der Waals surface area contributed by atoms with Gasteiger partial charge in [0, 0.05) is 22.5 Å². The Morgan fingerprint density at radius 2 is 1.78 bits per heavy atom. The van der Waals surface area contributed by atoms with Crippen LogP contribution >= 0.6 is 0 Å². The molecule has 138 valence electrons. The first-order valence-corrected chi connectivity index (χ1v) is 8.88. The minimum absolute atomic E-state index is 0.0277. The molecule has 0 radical (unpaired) electrons. The van der Waals surface area contributed by atoms with Crippen molar-refractivity contribution in [3.05, 3.63) is 54.1 Å². The van der Waals surface area contributed by atoms with Gasteiger partial charge in [0.05, 0.1) is 21.8 Å². The van der Waals surface area contributed by atoms with Gasteiger partial charge in [0.25, 0.3) is 10.1 Å². The summed E-state index contributed by atoms with van der Waals surface area (Å²) in [6.07, 6.45) is 0. The Balaban J connectivity index is 2.17. The van der Waals surface area contributed by atoms with Gasteiger partial charge in [-0.3, -0.25) is 4.55 Å². The van der Waals surface area contributed by atoms with Crippen molar-refractivity contribution in [2.45, 2.75) is 4.90 Å². The van der Waals surface area contributed by atoms with Crippen molar-refractivity contribution in [3.8, 4) is 5.75 Å². The van der Waals surface area contributed by atoms with Gasteiger partial charge >= 0.3 is 5.97 Å². The quantitative estimate of drug-likeness (QED) is 0.302. The van der Waals surface area contributed by atoms with Crippen LogP contribution in [0.15, 0.2) is 63.7 Å². The highest BCUT2D eigenvalue weighted by molar-refractivity contribution is 7.85. The van der Waals surface area contributed by atoms with Crippen molar-refractivity contribution in [2.75, 3.05) is 5.73 Å². The number of aromatic hydroxyl groups is 1. The number of carbonyl (C=O) groups is 1. The summed E-state index contributed by atoms with van der Waals surface area (Å²) in [5.41, 5.74) is 6.47. The number of phenolic OH excluding ortho intramolecular Hbond substituents is 1. The summed E-state index contributed by atoms with van der Waals surface area (Å²) < 4.78 is 32.1. The number of benzene rings is 3. The number of phenols is 1. The van der Waals surface area contributed by atoms with Gasteiger partial charge in [0.2, 0.25) is 0 Å². The van der Waals surface area contributed by atoms with Crippen molar-refractivity contribution >= 4 is 43.9 Å². The fourth-order valence-electron chi connectivity index (χ4n) is 2.50. The third kappa shape index (κ3) is 3.71. The van der Waals surface area contributed by atoms with E-state index < -0.39 is 26.7 Å². The van der Waals surface area contributed by atoms with Gasteiger partial charge in [-0.15, -0.1) is 5.11 Å². The first-order valence-electron chi connectivity index (χ1n) is 7.44. The maximum Gasteiger partial charge on any atom is 0.335 e. The fourth-order valence-corrected chi connectivity index (χ4v) is 3.02. The molecule has 3 aromatic rings. The number of carboxylic acids is 1. The second-order valence-corrected chi connectivity index (χ2v) is 6.99. The lowest BCUT2D eigenvalue weighted by atomic mass is 10.1. The van der Waals surface area contributed by atoms with E-state index in [0.717, 1.165) is 12.1 Å². The lowest BCUT2D eigenvalue weighted by molar-refractivity contribution is 0.0697. The molecule has 0 spiro atoms. The number of azo groups is 1. The van der Waals surface area contributed by atoms with Crippen molar-refractivity contribution in [3.63, 3.8) is 0 Å². The number of anilines is 1. The van der Waals surface area contributed by atoms with Gasteiger partial charge in [0.15, 0.2) is 0 Å². The molecule has 10 heteroatoms. The van der Waals surface area contributed by atoms with Gasteiger partial charge < -0.3 is 15.9 Å². The number of carboxylic acid groups (broad SMARTS) is 1. The lowest BCUT2D eigenvalue weighted by Crippen LogP contribution is -1.98. The van der Waals surface area contributed by atoms with E-state index in [1.165, 1.54) is 36.4 Å². The van der Waals surface area contributed by atoms with Gasteiger partial charge in [-0.1, -0.05) is 6.07 Å². The number of aromatic carboxylic acids is 1. The Kier molecular flexibility index (Phi) is 4.52. The topological polar surface area (TPSA) is 163 Å². The summed E-state index contributed by atoms with van der Waals surface area (Å²) in [5, 5.41) is 27.4. The van der Waals surface area contributed by atoms with Crippen LogP contribution in [0.3, 0.4) is 0 Å². The molecule has 27 heavy (non-hydrogen) atoms. The van der Waals surface area contributed by atoms with Crippen LogP contribution in [0.25, 0.3) is 10.8 Å². The SMILES string of the molecule is Nc1ccc(N=Nc2cccc(C(=O)O)c2)c2cc(S(=O)(=O)O)cc(O)c12. The van der Waals surface area contributed by atoms with Crippen molar-refractivity contribution in [2.24, 2.45) is 10.2 Å². The zero-order valence-corrected chi connectivity index (χ0v) is 14.4. The third-order valence-corrected chi connectivity index (χ3v) is 4.57. The summed E-state index contributed by atoms with van der Waals surface area (Å²) in [6, 6.07) is 10.7. The van der Waals surface area contributed by atoms with E-state index >= 15 is 0 Å². The molecule has 0 heterocycles. The van der Waals surface area contributed by atoms with Crippen molar-refractivity contribution in [1.82, 2.24) is 0 Å². The average molecular weight is 387 g/mol. The largest absolute Gasteiger partial charge is 0.507 e. The molecule has 0 aliphatic rings. The smallest absolute Gasteiger partial charge is 0.335 e. The minimum Gasteiger partial charge on any atom is -0.507 e. The van der Waals surface area contributed by atoms with E-state index in [9.17, 15) is 22.9 Å². The number of rotatable bonds is 4. The standard InChI is InChI=1S/C17H13N3O6S/c18-13-4-5-14(20-19-10-3-1-2-9(6-10)17(22)23)12-7-11(27(24,25)26)8-15(21)16(12)13/h1-8,21H,18H2,(H,22,23)(H,24,25,26). The molecule has 0 amide bonds. The lowest BCUT2D eigenvalue weighted by Gasteiger charge is -2.09. The summed E-state index contributed by atoms with van der Waals surface area (Å²) in [7, 11) is -4.57. The van der Waals surface area contributed by atoms with Crippen molar-refractivity contribution < 1.29 is 28.0 Å². The van der Waals surface area contributed by atoms with Crippen LogP contribution in [0.5, 0.6) is 5.75 Å². The van der Waals surface area contributed by atoms with Gasteiger partial charge in [-0.2, -0.15) is 13.5 Å². The molecule has 0 aromatic heterocycles. The Hall–Kier alpha value is -3.50. The summed E-state index contributed by atoms with van der Waals surface area (Å²) in [5.74, 6) is -1.56. The van der Waals surface area contributed by atoms with E-state index in [4.69, 9.17) is 10.8 Å². The van der Waals surface area contributed by atoms with Crippen LogP contribution in [-0.2, 0) is 10.1 Å². The highest BCUT2D eigenvalue weighted by atomic mass is 32.2. The van der Waals surface area contributed by atoms with Crippen LogP contribution in [0.2, 0.25) is 0 Å². The van der Waals surface area contributed by atoms with E-state index in [-0.39, 0.29) is 33.4 Å². The number of hydrogen-bond acceptors (Lipinski definition) is 7. The molecule has 5 N–H and O–H groups in total. The van der Waals surface area contributed by atoms with Crippen LogP contribution in [0.4, 0.5) is 17.1 Å². The zero-order valence-electron chi connectivity index (χ0n) is 13.6. The predicted octanol–water partition coefficient (Wildman–Crippen LogP) is 3.49. The van der Waals surface area contributed by atoms with Gasteiger partial charge in [-0.25, -0.2) is 4.79 Å². The molecule has 0 aliphatic carbocycles. The second kappa shape index (κ2) is 6.67. The molecule has 0 fully saturated rings. The van der Waals surface area contributed by atoms with E-state index in [0.29, 0.717) is 0 Å². The van der Waals surface area contributed by atoms with E-state index in [1.807, 2.05) is 0 Å². The number of fused-ring (bicyclic) bond motifs is 1. The second-order valence-electron chi connectivity index (χ2n) is 5.57. The summed E-state index contributed by atoms with van der Waals surface area (Å²) in [4.78, 5) is 10.5. The Morgan fingerprint density at radius 1 is 1.04 bits per heavy atom. The molecule has 9 nitrogen and oxygen atoms in total. The Bertz CT molecular complexity index is 1200. The molecular weight excluding hydrogens is 374 g/mol. The molecular formula is C17H13N3O6S. The molecule has 0 aliphatic heterocycles. The molecule has 3 rings (SSSR count). The molecule has 0 atom stereocenters. The Morgan fingerprint density at radius 3 is 2.44 bits per heavy atom. The molecule has 0 saturated carbocycles. The summed E-state index contributed by atoms with van der Waals surface area (Å²) in [6.45, 7) is 0. The highest BCUT2D eigenvalue weighted by Gasteiger charge is 2.17. The van der Waals surface area contributed by atoms with Crippen molar-refractivity contribution in [1.29, 1.82) is 0 Å². The van der Waals surface area contributed by atoms with Crippen LogP contribution in [0.1, 0.15) is 10.4 Å². The Labute approximate surface area is 153 Å². The van der Waals surface area contributed by atoms with E-state index in [1.54, 1.807) is 0 Å². The van der Waals surface area contributed by atoms with E-state index in [2.05, 4.69) is 10.2 Å². The molecule has 0 unspecified atom stereocenters. The zero-order chi connectivity index (χ0) is 19.8. The number of nitrogens with zero attached hydrogens (tertiary/aromatic N) is 2. The van der Waals surface area contributed by atoms with Gasteiger partial charge in [0.1, 0.15) is 5.75 Å². The van der Waals surface area contributed by atoms with Crippen LogP contribution in [0, 0.1) is 0 Å². The number of nitrogens with two attached hydrogens (primary N) is 1. The molecule has 0 saturated heterocycles. The normalized spacial score (nSPS) is 11.9. The van der Waals surface area contributed by atoms with Crippen LogP contribution < -0.4 is 5.73 Å². The minimum atomic E-state index is -4.57. The third-order valence-electron chi connectivity index (χ3n) is 3.74. The maximum absolute atomic E-state index is 11.4. The number of nitrogen functional groups attached to an aromatic ring is 1. The maximum atomic E-state index is 11.4. The summed E-state index contributed by atoms with van der Waals surface area (Å²) >= 11 is 0. The van der Waals surface area contributed by atoms with Crippen LogP contribution in [-0.4, -0.2) is 29.2 Å². The molecule has 0 bridgehead atoms.